The molecule has 0 saturated heterocycles. The Labute approximate surface area is 238 Å². The third-order valence-electron chi connectivity index (χ3n) is 5.92. The first-order valence-corrected chi connectivity index (χ1v) is 14.2. The van der Waals surface area contributed by atoms with Crippen molar-refractivity contribution < 1.29 is 13.9 Å². The third-order valence-corrected chi connectivity index (χ3v) is 7.31. The van der Waals surface area contributed by atoms with Gasteiger partial charge in [-0.1, -0.05) is 36.7 Å². The number of aromatic nitrogens is 2. The molecule has 1 N–H and O–H groups in total. The molecule has 0 fully saturated rings. The summed E-state index contributed by atoms with van der Waals surface area (Å²) < 4.78 is 20.0. The van der Waals surface area contributed by atoms with Crippen LogP contribution in [0, 0.1) is 0 Å². The average molecular weight is 564 g/mol. The van der Waals surface area contributed by atoms with Crippen molar-refractivity contribution in [3.8, 4) is 16.9 Å². The molecular weight excluding hydrogens is 533 g/mol. The number of hydrogen-bond donors (Lipinski definition) is 1. The molecule has 0 unspecified atom stereocenters. The van der Waals surface area contributed by atoms with Crippen molar-refractivity contribution in [2.45, 2.75) is 37.0 Å². The smallest absolute Gasteiger partial charge is 0.248 e. The Morgan fingerprint density at radius 3 is 2.62 bits per heavy atom. The predicted octanol–water partition coefficient (Wildman–Crippen LogP) is 8.30. The highest BCUT2D eigenvalue weighted by molar-refractivity contribution is 7.98. The summed E-state index contributed by atoms with van der Waals surface area (Å²) in [6.07, 6.45) is 8.42. The number of anilines is 1. The van der Waals surface area contributed by atoms with E-state index >= 15 is 0 Å². The fraction of sp³-hybridized carbons (Fsp3) is 0.226. The zero-order valence-corrected chi connectivity index (χ0v) is 23.4. The lowest BCUT2D eigenvalue weighted by Gasteiger charge is -2.08. The molecule has 202 valence electrons. The molecule has 0 aliphatic rings. The number of carbonyl (C=O) groups is 1. The van der Waals surface area contributed by atoms with Crippen molar-refractivity contribution in [3.63, 3.8) is 0 Å². The molecule has 3 aromatic carbocycles. The Bertz CT molecular complexity index is 1390. The molecule has 0 aliphatic heterocycles. The monoisotopic (exact) mass is 563 g/mol. The second-order valence-corrected chi connectivity index (χ2v) is 10.3. The number of hydrogen-bond acceptors (Lipinski definition) is 4. The quantitative estimate of drug-likeness (QED) is 0.101. The van der Waals surface area contributed by atoms with Crippen LogP contribution in [0.4, 0.5) is 10.1 Å². The van der Waals surface area contributed by atoms with E-state index in [1.165, 1.54) is 11.8 Å². The van der Waals surface area contributed by atoms with Crippen LogP contribution in [0.5, 0.6) is 5.75 Å². The van der Waals surface area contributed by atoms with Gasteiger partial charge >= 0.3 is 0 Å². The number of ether oxygens (including phenoxy) is 1. The van der Waals surface area contributed by atoms with E-state index in [4.69, 9.17) is 16.3 Å². The number of amides is 1. The molecule has 4 rings (SSSR count). The lowest BCUT2D eigenvalue weighted by atomic mass is 10.0. The summed E-state index contributed by atoms with van der Waals surface area (Å²) in [4.78, 5) is 17.9. The van der Waals surface area contributed by atoms with Crippen LogP contribution in [0.25, 0.3) is 17.2 Å². The zero-order chi connectivity index (χ0) is 27.5. The highest BCUT2D eigenvalue weighted by Gasteiger charge is 2.06. The number of nitrogens with zero attached hydrogens (tertiary/aromatic N) is 2. The number of imidazole rings is 1. The van der Waals surface area contributed by atoms with E-state index in [0.717, 1.165) is 46.0 Å². The normalized spacial score (nSPS) is 11.2. The maximum absolute atomic E-state index is 12.6. The summed E-state index contributed by atoms with van der Waals surface area (Å²) in [5.74, 6) is 1.30. The van der Waals surface area contributed by atoms with E-state index in [-0.39, 0.29) is 5.91 Å². The molecule has 8 heteroatoms. The highest BCUT2D eigenvalue weighted by Crippen LogP contribution is 2.28. The minimum absolute atomic E-state index is 0.241. The van der Waals surface area contributed by atoms with Crippen molar-refractivity contribution >= 4 is 41.0 Å². The van der Waals surface area contributed by atoms with Gasteiger partial charge < -0.3 is 14.6 Å². The number of benzene rings is 3. The van der Waals surface area contributed by atoms with Crippen LogP contribution >= 0.6 is 23.4 Å². The number of halogens is 2. The predicted molar refractivity (Wildman–Crippen MR) is 159 cm³/mol. The van der Waals surface area contributed by atoms with Crippen LogP contribution < -0.4 is 10.1 Å². The summed E-state index contributed by atoms with van der Waals surface area (Å²) in [6.45, 7) is 3.08. The van der Waals surface area contributed by atoms with Crippen molar-refractivity contribution in [2.75, 3.05) is 18.6 Å². The van der Waals surface area contributed by atoms with Gasteiger partial charge in [-0.3, -0.25) is 9.18 Å². The molecule has 1 amide bonds. The minimum atomic E-state index is -0.393. The van der Waals surface area contributed by atoms with Crippen LogP contribution in [-0.2, 0) is 17.1 Å². The van der Waals surface area contributed by atoms with E-state index < -0.39 is 6.67 Å². The Hall–Kier alpha value is -3.55. The van der Waals surface area contributed by atoms with Gasteiger partial charge in [0.15, 0.2) is 0 Å². The number of thioether (sulfide) groups is 1. The zero-order valence-electron chi connectivity index (χ0n) is 21.8. The fourth-order valence-electron chi connectivity index (χ4n) is 3.89. The van der Waals surface area contributed by atoms with Crippen LogP contribution in [-0.4, -0.2) is 28.7 Å². The van der Waals surface area contributed by atoms with Crippen molar-refractivity contribution in [2.24, 2.45) is 0 Å². The maximum Gasteiger partial charge on any atom is 0.248 e. The summed E-state index contributed by atoms with van der Waals surface area (Å²) in [7, 11) is 0. The standard InChI is InChI=1S/C31H31ClFN3O2S/c1-2-17-36-22-34-20-27(36)21-39-29-12-8-26(9-13-29)35-31(37)15-7-25-19-24(6-14-30(25)32)23-4-10-28(11-5-23)38-18-3-16-33/h4-15,19-20,22H,2-3,16-18,21H2,1H3,(H,35,37)/b15-7+. The first-order chi connectivity index (χ1) is 19.1. The van der Waals surface area contributed by atoms with Gasteiger partial charge in [-0.15, -0.1) is 11.8 Å². The van der Waals surface area contributed by atoms with Gasteiger partial charge in [0.2, 0.25) is 5.91 Å². The largest absolute Gasteiger partial charge is 0.493 e. The Kier molecular flexibility index (Phi) is 10.6. The van der Waals surface area contributed by atoms with E-state index in [2.05, 4.69) is 21.8 Å². The topological polar surface area (TPSA) is 56.2 Å². The van der Waals surface area contributed by atoms with Crippen molar-refractivity contribution in [3.05, 3.63) is 102 Å². The molecule has 0 saturated carbocycles. The summed E-state index contributed by atoms with van der Waals surface area (Å²) in [5.41, 5.74) is 4.60. The Morgan fingerprint density at radius 2 is 1.87 bits per heavy atom. The van der Waals surface area contributed by atoms with Gasteiger partial charge in [0.1, 0.15) is 5.75 Å². The second kappa shape index (κ2) is 14.6. The SMILES string of the molecule is CCCn1cncc1CSc1ccc(NC(=O)/C=C/c2cc(-c3ccc(OCCCF)cc3)ccc2Cl)cc1. The van der Waals surface area contributed by atoms with Crippen molar-refractivity contribution in [1.82, 2.24) is 9.55 Å². The van der Waals surface area contributed by atoms with Crippen LogP contribution in [0.15, 0.2) is 90.2 Å². The van der Waals surface area contributed by atoms with Crippen LogP contribution in [0.2, 0.25) is 5.02 Å². The van der Waals surface area contributed by atoms with Crippen LogP contribution in [0.3, 0.4) is 0 Å². The lowest BCUT2D eigenvalue weighted by molar-refractivity contribution is -0.111. The number of alkyl halides is 1. The van der Waals surface area contributed by atoms with Crippen LogP contribution in [0.1, 0.15) is 31.0 Å². The fourth-order valence-corrected chi connectivity index (χ4v) is 4.95. The van der Waals surface area contributed by atoms with Crippen molar-refractivity contribution in [1.29, 1.82) is 0 Å². The molecule has 0 aliphatic carbocycles. The average Bonchev–Trinajstić information content (AvgIpc) is 3.40. The molecule has 0 radical (unpaired) electrons. The minimum Gasteiger partial charge on any atom is -0.493 e. The molecule has 0 spiro atoms. The Balaban J connectivity index is 1.33. The number of carbonyl (C=O) groups excluding carboxylic acids is 1. The first kappa shape index (κ1) is 28.5. The second-order valence-electron chi connectivity index (χ2n) is 8.87. The van der Waals surface area contributed by atoms with Gasteiger partial charge in [-0.25, -0.2) is 4.98 Å². The molecule has 4 aromatic rings. The van der Waals surface area contributed by atoms with Gasteiger partial charge in [0.05, 0.1) is 19.6 Å². The molecule has 5 nitrogen and oxygen atoms in total. The molecule has 1 aromatic heterocycles. The number of nitrogens with one attached hydrogen (secondary N) is 1. The number of aryl methyl sites for hydroxylation is 1. The van der Waals surface area contributed by atoms with E-state index in [9.17, 15) is 9.18 Å². The molecule has 0 atom stereocenters. The number of rotatable bonds is 13. The lowest BCUT2D eigenvalue weighted by Crippen LogP contribution is -2.07. The van der Waals surface area contributed by atoms with E-state index in [0.29, 0.717) is 23.8 Å². The maximum atomic E-state index is 12.6. The third kappa shape index (κ3) is 8.47. The molecular formula is C31H31ClFN3O2S. The van der Waals surface area contributed by atoms with Gasteiger partial charge in [0, 0.05) is 52.3 Å². The summed E-state index contributed by atoms with van der Waals surface area (Å²) >= 11 is 8.13. The summed E-state index contributed by atoms with van der Waals surface area (Å²) in [6, 6.07) is 21.1. The summed E-state index contributed by atoms with van der Waals surface area (Å²) in [5, 5.41) is 3.45. The van der Waals surface area contributed by atoms with Gasteiger partial charge in [0.25, 0.3) is 0 Å². The first-order valence-electron chi connectivity index (χ1n) is 12.9. The van der Waals surface area contributed by atoms with E-state index in [1.807, 2.05) is 79.3 Å². The Morgan fingerprint density at radius 1 is 1.10 bits per heavy atom. The van der Waals surface area contributed by atoms with Gasteiger partial charge in [-0.2, -0.15) is 0 Å². The van der Waals surface area contributed by atoms with Gasteiger partial charge in [-0.05, 0) is 77.7 Å². The molecule has 1 heterocycles. The molecule has 0 bridgehead atoms. The van der Waals surface area contributed by atoms with E-state index in [1.54, 1.807) is 17.8 Å². The highest BCUT2D eigenvalue weighted by atomic mass is 35.5. The molecule has 39 heavy (non-hydrogen) atoms.